The number of carbonyl (C=O) groups excluding carboxylic acids is 1. The van der Waals surface area contributed by atoms with E-state index in [1.54, 1.807) is 0 Å². The molecule has 0 spiro atoms. The van der Waals surface area contributed by atoms with Gasteiger partial charge in [-0.15, -0.1) is 11.3 Å². The number of thiazole rings is 1. The second-order valence-electron chi connectivity index (χ2n) is 5.70. The molecule has 0 bridgehead atoms. The molecule has 3 unspecified atom stereocenters. The Morgan fingerprint density at radius 3 is 3.11 bits per heavy atom. The monoisotopic (exact) mass is 280 g/mol. The van der Waals surface area contributed by atoms with Crippen LogP contribution < -0.4 is 11.1 Å². The van der Waals surface area contributed by atoms with E-state index < -0.39 is 0 Å². The van der Waals surface area contributed by atoms with Crippen LogP contribution in [0.5, 0.6) is 0 Å². The molecule has 1 aromatic rings. The fraction of sp³-hybridized carbons (Fsp3) is 0.692. The Labute approximate surface area is 117 Å². The van der Waals surface area contributed by atoms with E-state index in [1.165, 1.54) is 17.8 Å². The van der Waals surface area contributed by atoms with Crippen molar-refractivity contribution in [2.45, 2.75) is 25.8 Å². The zero-order chi connectivity index (χ0) is 13.4. The summed E-state index contributed by atoms with van der Waals surface area (Å²) in [4.78, 5) is 18.4. The number of carbonyl (C=O) groups is 1. The zero-order valence-electron chi connectivity index (χ0n) is 11.1. The van der Waals surface area contributed by atoms with E-state index in [2.05, 4.69) is 15.2 Å². The van der Waals surface area contributed by atoms with E-state index >= 15 is 0 Å². The van der Waals surface area contributed by atoms with Gasteiger partial charge in [0.15, 0.2) is 5.13 Å². The third kappa shape index (κ3) is 2.80. The van der Waals surface area contributed by atoms with E-state index in [9.17, 15) is 4.79 Å². The summed E-state index contributed by atoms with van der Waals surface area (Å²) in [6, 6.07) is 0.333. The second-order valence-corrected chi connectivity index (χ2v) is 6.56. The molecular formula is C13H20N4OS. The highest BCUT2D eigenvalue weighted by Crippen LogP contribution is 2.36. The van der Waals surface area contributed by atoms with Gasteiger partial charge < -0.3 is 11.1 Å². The summed E-state index contributed by atoms with van der Waals surface area (Å²) < 4.78 is 0. The second kappa shape index (κ2) is 5.19. The number of aryl methyl sites for hydroxylation is 1. The Morgan fingerprint density at radius 2 is 2.42 bits per heavy atom. The lowest BCUT2D eigenvalue weighted by Crippen LogP contribution is -2.34. The van der Waals surface area contributed by atoms with E-state index in [1.807, 2.05) is 12.3 Å². The molecule has 6 heteroatoms. The predicted octanol–water partition coefficient (Wildman–Crippen LogP) is 1.06. The number of likely N-dealkylation sites (tertiary alicyclic amines) is 1. The van der Waals surface area contributed by atoms with Gasteiger partial charge in [0.05, 0.1) is 12.2 Å². The van der Waals surface area contributed by atoms with Crippen LogP contribution >= 0.6 is 11.3 Å². The first-order chi connectivity index (χ1) is 9.11. The summed E-state index contributed by atoms with van der Waals surface area (Å²) in [6.07, 6.45) is 2.36. The van der Waals surface area contributed by atoms with Crippen LogP contribution in [0.1, 0.15) is 18.5 Å². The number of aromatic nitrogens is 1. The van der Waals surface area contributed by atoms with Crippen molar-refractivity contribution in [3.63, 3.8) is 0 Å². The molecule has 0 radical (unpaired) electrons. The first kappa shape index (κ1) is 13.0. The molecule has 1 saturated carbocycles. The number of hydrogen-bond acceptors (Lipinski definition) is 5. The summed E-state index contributed by atoms with van der Waals surface area (Å²) in [5, 5.41) is 5.49. The molecule has 1 aliphatic heterocycles. The topological polar surface area (TPSA) is 71.2 Å². The van der Waals surface area contributed by atoms with E-state index in [0.717, 1.165) is 25.2 Å². The maximum atomic E-state index is 12.0. The Morgan fingerprint density at radius 1 is 1.58 bits per heavy atom. The highest BCUT2D eigenvalue weighted by molar-refractivity contribution is 7.13. The molecule has 1 amide bonds. The van der Waals surface area contributed by atoms with Crippen molar-refractivity contribution in [2.24, 2.45) is 17.6 Å². The Kier molecular flexibility index (Phi) is 3.56. The van der Waals surface area contributed by atoms with E-state index in [0.29, 0.717) is 29.6 Å². The van der Waals surface area contributed by atoms with Crippen LogP contribution in [0.15, 0.2) is 5.38 Å². The molecule has 2 fully saturated rings. The number of fused-ring (bicyclic) bond motifs is 1. The number of nitrogens with one attached hydrogen (secondary N) is 1. The van der Waals surface area contributed by atoms with Gasteiger partial charge in [0.2, 0.25) is 5.91 Å². The molecule has 0 aromatic carbocycles. The zero-order valence-corrected chi connectivity index (χ0v) is 11.9. The van der Waals surface area contributed by atoms with Crippen LogP contribution in [0.25, 0.3) is 0 Å². The summed E-state index contributed by atoms with van der Waals surface area (Å²) in [5.41, 5.74) is 7.05. The first-order valence-corrected chi connectivity index (χ1v) is 7.69. The Bertz CT molecular complexity index is 475. The third-order valence-corrected chi connectivity index (χ3v) is 5.10. The molecule has 1 aromatic heterocycles. The molecule has 104 valence electrons. The van der Waals surface area contributed by atoms with Gasteiger partial charge in [-0.3, -0.25) is 9.69 Å². The summed E-state index contributed by atoms with van der Waals surface area (Å²) >= 11 is 1.47. The smallest absolute Gasteiger partial charge is 0.240 e. The minimum atomic E-state index is 0.0305. The quantitative estimate of drug-likeness (QED) is 0.868. The molecule has 1 aliphatic carbocycles. The van der Waals surface area contributed by atoms with Crippen LogP contribution in [0.2, 0.25) is 0 Å². The molecule has 19 heavy (non-hydrogen) atoms. The summed E-state index contributed by atoms with van der Waals surface area (Å²) in [7, 11) is 0. The van der Waals surface area contributed by atoms with Crippen molar-refractivity contribution in [1.29, 1.82) is 0 Å². The van der Waals surface area contributed by atoms with Gasteiger partial charge in [0.25, 0.3) is 0 Å². The van der Waals surface area contributed by atoms with Gasteiger partial charge in [0.1, 0.15) is 0 Å². The maximum absolute atomic E-state index is 12.0. The Hall–Kier alpha value is -0.980. The van der Waals surface area contributed by atoms with Gasteiger partial charge in [-0.25, -0.2) is 4.98 Å². The van der Waals surface area contributed by atoms with Crippen molar-refractivity contribution >= 4 is 22.4 Å². The largest absolute Gasteiger partial charge is 0.327 e. The molecule has 3 rings (SSSR count). The lowest BCUT2D eigenvalue weighted by molar-refractivity contribution is -0.117. The van der Waals surface area contributed by atoms with Gasteiger partial charge in [-0.05, 0) is 31.6 Å². The van der Waals surface area contributed by atoms with Crippen LogP contribution in [-0.4, -0.2) is 41.5 Å². The van der Waals surface area contributed by atoms with Crippen molar-refractivity contribution < 1.29 is 4.79 Å². The summed E-state index contributed by atoms with van der Waals surface area (Å²) in [5.74, 6) is 1.32. The van der Waals surface area contributed by atoms with Crippen LogP contribution in [0, 0.1) is 18.8 Å². The predicted molar refractivity (Wildman–Crippen MR) is 76.1 cm³/mol. The average Bonchev–Trinajstić information content (AvgIpc) is 2.99. The average molecular weight is 280 g/mol. The van der Waals surface area contributed by atoms with Gasteiger partial charge in [-0.2, -0.15) is 0 Å². The van der Waals surface area contributed by atoms with Crippen molar-refractivity contribution in [2.75, 3.05) is 25.0 Å². The van der Waals surface area contributed by atoms with E-state index in [4.69, 9.17) is 5.73 Å². The van der Waals surface area contributed by atoms with Crippen molar-refractivity contribution in [3.8, 4) is 0 Å². The number of hydrogen-bond donors (Lipinski definition) is 2. The van der Waals surface area contributed by atoms with E-state index in [-0.39, 0.29) is 5.91 Å². The minimum absolute atomic E-state index is 0.0305. The molecule has 5 nitrogen and oxygen atoms in total. The van der Waals surface area contributed by atoms with Crippen LogP contribution in [-0.2, 0) is 4.79 Å². The van der Waals surface area contributed by atoms with Gasteiger partial charge >= 0.3 is 0 Å². The highest BCUT2D eigenvalue weighted by Gasteiger charge is 2.41. The molecule has 3 N–H and O–H groups in total. The normalized spacial score (nSPS) is 30.5. The van der Waals surface area contributed by atoms with Crippen molar-refractivity contribution in [1.82, 2.24) is 9.88 Å². The van der Waals surface area contributed by atoms with Gasteiger partial charge in [-0.1, -0.05) is 0 Å². The molecular weight excluding hydrogens is 260 g/mol. The molecule has 1 saturated heterocycles. The number of nitrogens with zero attached hydrogens (tertiary/aromatic N) is 2. The third-order valence-electron chi connectivity index (χ3n) is 4.22. The lowest BCUT2D eigenvalue weighted by Gasteiger charge is -2.17. The number of anilines is 1. The Balaban J connectivity index is 1.51. The molecule has 3 atom stereocenters. The number of rotatable bonds is 3. The maximum Gasteiger partial charge on any atom is 0.240 e. The lowest BCUT2D eigenvalue weighted by atomic mass is 9.98. The number of amides is 1. The standard InChI is InChI=1S/C13H20N4OS/c1-8-7-19-13(15-8)16-12(18)6-17-4-9-2-3-11(14)10(9)5-17/h7,9-11H,2-6,14H2,1H3,(H,15,16,18). The molecule has 2 aliphatic rings. The van der Waals surface area contributed by atoms with Crippen LogP contribution in [0.4, 0.5) is 5.13 Å². The van der Waals surface area contributed by atoms with Gasteiger partial charge in [0, 0.05) is 24.5 Å². The van der Waals surface area contributed by atoms with Crippen LogP contribution in [0.3, 0.4) is 0 Å². The van der Waals surface area contributed by atoms with Crippen molar-refractivity contribution in [3.05, 3.63) is 11.1 Å². The highest BCUT2D eigenvalue weighted by atomic mass is 32.1. The fourth-order valence-corrected chi connectivity index (χ4v) is 4.01. The summed E-state index contributed by atoms with van der Waals surface area (Å²) in [6.45, 7) is 4.37. The fourth-order valence-electron chi connectivity index (χ4n) is 3.30. The SMILES string of the molecule is Cc1csc(NC(=O)CN2CC3CCC(N)C3C2)n1. The number of nitrogens with two attached hydrogens (primary N) is 1. The minimum Gasteiger partial charge on any atom is -0.327 e. The molecule has 2 heterocycles. The first-order valence-electron chi connectivity index (χ1n) is 6.82.